The van der Waals surface area contributed by atoms with Gasteiger partial charge in [-0.3, -0.25) is 4.90 Å². The molecular formula is C18H22N6. The molecule has 1 unspecified atom stereocenters. The van der Waals surface area contributed by atoms with Gasteiger partial charge < -0.3 is 9.30 Å². The first-order chi connectivity index (χ1) is 11.8. The van der Waals surface area contributed by atoms with Crippen molar-refractivity contribution in [3.05, 3.63) is 54.6 Å². The summed E-state index contributed by atoms with van der Waals surface area (Å²) in [4.78, 5) is 9.42. The van der Waals surface area contributed by atoms with E-state index in [0.29, 0.717) is 6.04 Å². The molecule has 0 radical (unpaired) electrons. The van der Waals surface area contributed by atoms with Crippen molar-refractivity contribution in [2.45, 2.75) is 25.4 Å². The van der Waals surface area contributed by atoms with E-state index in [-0.39, 0.29) is 0 Å². The third-order valence-corrected chi connectivity index (χ3v) is 4.60. The summed E-state index contributed by atoms with van der Waals surface area (Å²) in [5, 5.41) is 8.29. The van der Waals surface area contributed by atoms with Crippen molar-refractivity contribution in [1.29, 1.82) is 0 Å². The van der Waals surface area contributed by atoms with Crippen molar-refractivity contribution in [2.24, 2.45) is 0 Å². The summed E-state index contributed by atoms with van der Waals surface area (Å²) >= 11 is 0. The molecule has 3 aromatic rings. The average Bonchev–Trinajstić information content (AvgIpc) is 3.21. The monoisotopic (exact) mass is 322 g/mol. The smallest absolute Gasteiger partial charge is 0.151 e. The molecule has 4 rings (SSSR count). The summed E-state index contributed by atoms with van der Waals surface area (Å²) in [7, 11) is 2.16. The first-order valence-corrected chi connectivity index (χ1v) is 8.45. The average molecular weight is 322 g/mol. The summed E-state index contributed by atoms with van der Waals surface area (Å²) in [6, 6.07) is 10.6. The predicted octanol–water partition coefficient (Wildman–Crippen LogP) is 2.23. The van der Waals surface area contributed by atoms with Crippen LogP contribution >= 0.6 is 0 Å². The normalized spacial score (nSPS) is 17.9. The van der Waals surface area contributed by atoms with E-state index < -0.39 is 0 Å². The van der Waals surface area contributed by atoms with Gasteiger partial charge in [-0.15, -0.1) is 5.10 Å². The molecule has 6 heteroatoms. The number of pyridine rings is 1. The number of nitrogens with zero attached hydrogens (tertiary/aromatic N) is 6. The Hall–Kier alpha value is -2.47. The second-order valence-electron chi connectivity index (χ2n) is 6.47. The number of imidazole rings is 1. The van der Waals surface area contributed by atoms with Gasteiger partial charge in [0.2, 0.25) is 0 Å². The fourth-order valence-electron chi connectivity index (χ4n) is 3.54. The lowest BCUT2D eigenvalue weighted by atomic mass is 10.2. The van der Waals surface area contributed by atoms with Crippen LogP contribution in [0.15, 0.2) is 48.9 Å². The van der Waals surface area contributed by atoms with Gasteiger partial charge in [0, 0.05) is 44.3 Å². The Morgan fingerprint density at radius 1 is 1.25 bits per heavy atom. The number of anilines is 1. The van der Waals surface area contributed by atoms with Gasteiger partial charge in [0.05, 0.1) is 5.69 Å². The van der Waals surface area contributed by atoms with Crippen LogP contribution in [-0.4, -0.2) is 50.7 Å². The lowest BCUT2D eigenvalue weighted by Gasteiger charge is -2.28. The standard InChI is InChI=1S/C18H22N6/c1-22(12-15-13-23-10-3-2-7-17(23)20-15)14-16-6-5-11-24(16)18-8-4-9-19-21-18/h2-4,7-10,13,16H,5-6,11-12,14H2,1H3. The van der Waals surface area contributed by atoms with Crippen LogP contribution in [0.25, 0.3) is 5.65 Å². The van der Waals surface area contributed by atoms with E-state index in [9.17, 15) is 0 Å². The number of aromatic nitrogens is 4. The largest absolute Gasteiger partial charge is 0.351 e. The van der Waals surface area contributed by atoms with Crippen molar-refractivity contribution in [3.63, 3.8) is 0 Å². The van der Waals surface area contributed by atoms with E-state index in [1.165, 1.54) is 12.8 Å². The van der Waals surface area contributed by atoms with Crippen LogP contribution in [0.4, 0.5) is 5.82 Å². The highest BCUT2D eigenvalue weighted by atomic mass is 15.3. The van der Waals surface area contributed by atoms with Crippen LogP contribution in [0.1, 0.15) is 18.5 Å². The molecule has 1 aliphatic rings. The molecular weight excluding hydrogens is 300 g/mol. The summed E-state index contributed by atoms with van der Waals surface area (Å²) in [5.74, 6) is 0.987. The zero-order valence-corrected chi connectivity index (χ0v) is 13.9. The topological polar surface area (TPSA) is 49.6 Å². The van der Waals surface area contributed by atoms with Crippen molar-refractivity contribution in [3.8, 4) is 0 Å². The molecule has 1 atom stereocenters. The molecule has 0 bridgehead atoms. The molecule has 0 aromatic carbocycles. The van der Waals surface area contributed by atoms with Gasteiger partial charge in [-0.1, -0.05) is 6.07 Å². The number of hydrogen-bond acceptors (Lipinski definition) is 5. The second kappa shape index (κ2) is 6.57. The van der Waals surface area contributed by atoms with Gasteiger partial charge in [0.1, 0.15) is 5.65 Å². The van der Waals surface area contributed by atoms with Gasteiger partial charge in [-0.05, 0) is 44.2 Å². The first-order valence-electron chi connectivity index (χ1n) is 8.45. The third kappa shape index (κ3) is 3.10. The number of hydrogen-bond donors (Lipinski definition) is 0. The molecule has 0 saturated carbocycles. The molecule has 0 spiro atoms. The van der Waals surface area contributed by atoms with E-state index >= 15 is 0 Å². The molecule has 124 valence electrons. The molecule has 1 aliphatic heterocycles. The fraction of sp³-hybridized carbons (Fsp3) is 0.389. The van der Waals surface area contributed by atoms with E-state index in [4.69, 9.17) is 0 Å². The van der Waals surface area contributed by atoms with Crippen LogP contribution in [0.2, 0.25) is 0 Å². The van der Waals surface area contributed by atoms with Crippen molar-refractivity contribution >= 4 is 11.5 Å². The Kier molecular flexibility index (Phi) is 4.13. The van der Waals surface area contributed by atoms with Crippen molar-refractivity contribution < 1.29 is 0 Å². The maximum atomic E-state index is 4.69. The van der Waals surface area contributed by atoms with Gasteiger partial charge in [0.15, 0.2) is 5.82 Å². The van der Waals surface area contributed by atoms with E-state index in [2.05, 4.69) is 42.6 Å². The van der Waals surface area contributed by atoms with Crippen molar-refractivity contribution in [1.82, 2.24) is 24.5 Å². The minimum atomic E-state index is 0.490. The molecule has 1 saturated heterocycles. The summed E-state index contributed by atoms with van der Waals surface area (Å²) in [6.07, 6.45) is 8.29. The molecule has 0 N–H and O–H groups in total. The molecule has 4 heterocycles. The van der Waals surface area contributed by atoms with Crippen LogP contribution in [0.3, 0.4) is 0 Å². The Labute approximate surface area is 141 Å². The zero-order chi connectivity index (χ0) is 16.4. The molecule has 24 heavy (non-hydrogen) atoms. The quantitative estimate of drug-likeness (QED) is 0.721. The van der Waals surface area contributed by atoms with Crippen LogP contribution < -0.4 is 4.90 Å². The lowest BCUT2D eigenvalue weighted by molar-refractivity contribution is 0.300. The minimum absolute atomic E-state index is 0.490. The molecule has 0 aliphatic carbocycles. The van der Waals surface area contributed by atoms with E-state index in [1.54, 1.807) is 6.20 Å². The lowest BCUT2D eigenvalue weighted by Crippen LogP contribution is -2.39. The van der Waals surface area contributed by atoms with Gasteiger partial charge in [-0.25, -0.2) is 4.98 Å². The SMILES string of the molecule is CN(Cc1cn2ccccc2n1)CC1CCCN1c1cccnn1. The fourth-order valence-corrected chi connectivity index (χ4v) is 3.54. The Morgan fingerprint density at radius 2 is 2.21 bits per heavy atom. The zero-order valence-electron chi connectivity index (χ0n) is 13.9. The molecule has 6 nitrogen and oxygen atoms in total. The molecule has 0 amide bonds. The van der Waals surface area contributed by atoms with Crippen LogP contribution in [0.5, 0.6) is 0 Å². The number of likely N-dealkylation sites (N-methyl/N-ethyl adjacent to an activating group) is 1. The van der Waals surface area contributed by atoms with Crippen molar-refractivity contribution in [2.75, 3.05) is 25.0 Å². The highest BCUT2D eigenvalue weighted by molar-refractivity contribution is 5.40. The highest BCUT2D eigenvalue weighted by Crippen LogP contribution is 2.23. The van der Waals surface area contributed by atoms with Crippen LogP contribution in [0, 0.1) is 0 Å². The summed E-state index contributed by atoms with van der Waals surface area (Å²) in [5.41, 5.74) is 2.11. The third-order valence-electron chi connectivity index (χ3n) is 4.60. The van der Waals surface area contributed by atoms with E-state index in [1.807, 2.05) is 36.5 Å². The number of fused-ring (bicyclic) bond motifs is 1. The maximum absolute atomic E-state index is 4.69. The summed E-state index contributed by atoms with van der Waals surface area (Å²) < 4.78 is 2.07. The maximum Gasteiger partial charge on any atom is 0.151 e. The highest BCUT2D eigenvalue weighted by Gasteiger charge is 2.26. The van der Waals surface area contributed by atoms with Crippen LogP contribution in [-0.2, 0) is 6.54 Å². The predicted molar refractivity (Wildman–Crippen MR) is 93.9 cm³/mol. The molecule has 1 fully saturated rings. The minimum Gasteiger partial charge on any atom is -0.351 e. The first kappa shape index (κ1) is 15.1. The Balaban J connectivity index is 1.42. The van der Waals surface area contributed by atoms with E-state index in [0.717, 1.165) is 36.8 Å². The Bertz CT molecular complexity index is 766. The molecule has 3 aromatic heterocycles. The van der Waals surface area contributed by atoms with Gasteiger partial charge >= 0.3 is 0 Å². The van der Waals surface area contributed by atoms with Gasteiger partial charge in [-0.2, -0.15) is 5.10 Å². The second-order valence-corrected chi connectivity index (χ2v) is 6.47. The summed E-state index contributed by atoms with van der Waals surface area (Å²) in [6.45, 7) is 2.92. The van der Waals surface area contributed by atoms with Gasteiger partial charge in [0.25, 0.3) is 0 Å². The Morgan fingerprint density at radius 3 is 3.04 bits per heavy atom. The number of rotatable bonds is 5.